The SMILES string of the molecule is O=S(=O)(Cc1ccncn1)c1cc(Cl)c(O[C@H]2CC[C@H](c3cccc(OC(F)(F)F)c3)C[C@@H]2N2CCCC2)cc1F. The summed E-state index contributed by atoms with van der Waals surface area (Å²) in [5.74, 6) is -1.74. The van der Waals surface area contributed by atoms with Gasteiger partial charge in [-0.3, -0.25) is 4.90 Å². The van der Waals surface area contributed by atoms with E-state index in [1.54, 1.807) is 12.1 Å². The average molecular weight is 614 g/mol. The molecule has 1 saturated carbocycles. The molecule has 0 radical (unpaired) electrons. The van der Waals surface area contributed by atoms with Gasteiger partial charge < -0.3 is 9.47 Å². The highest BCUT2D eigenvalue weighted by molar-refractivity contribution is 7.90. The summed E-state index contributed by atoms with van der Waals surface area (Å²) in [5.41, 5.74) is 0.966. The van der Waals surface area contributed by atoms with Crippen molar-refractivity contribution in [3.8, 4) is 11.5 Å². The molecular formula is C28H28ClF4N3O4S. The number of nitrogens with zero attached hydrogens (tertiary/aromatic N) is 3. The maximum atomic E-state index is 15.2. The van der Waals surface area contributed by atoms with Gasteiger partial charge in [-0.05, 0) is 80.9 Å². The van der Waals surface area contributed by atoms with Crippen molar-refractivity contribution in [3.63, 3.8) is 0 Å². The zero-order valence-electron chi connectivity index (χ0n) is 21.9. The summed E-state index contributed by atoms with van der Waals surface area (Å²) in [4.78, 5) is 9.39. The van der Waals surface area contributed by atoms with Gasteiger partial charge in [0.05, 0.1) is 16.5 Å². The van der Waals surface area contributed by atoms with Crippen LogP contribution in [0.1, 0.15) is 49.3 Å². The molecule has 3 atom stereocenters. The lowest BCUT2D eigenvalue weighted by atomic mass is 9.79. The molecule has 0 bridgehead atoms. The van der Waals surface area contributed by atoms with Gasteiger partial charge in [0.25, 0.3) is 0 Å². The minimum absolute atomic E-state index is 0.0289. The third-order valence-electron chi connectivity index (χ3n) is 7.51. The Bertz CT molecular complexity index is 1470. The quantitative estimate of drug-likeness (QED) is 0.275. The molecule has 1 aliphatic heterocycles. The second-order valence-corrected chi connectivity index (χ2v) is 12.6. The first-order chi connectivity index (χ1) is 19.5. The van der Waals surface area contributed by atoms with E-state index >= 15 is 4.39 Å². The monoisotopic (exact) mass is 613 g/mol. The molecule has 3 aromatic rings. The van der Waals surface area contributed by atoms with Crippen LogP contribution >= 0.6 is 11.6 Å². The second kappa shape index (κ2) is 12.1. The molecule has 41 heavy (non-hydrogen) atoms. The minimum atomic E-state index is -4.78. The molecule has 5 rings (SSSR count). The Morgan fingerprint density at radius 3 is 2.56 bits per heavy atom. The van der Waals surface area contributed by atoms with Gasteiger partial charge in [-0.1, -0.05) is 23.7 Å². The van der Waals surface area contributed by atoms with Crippen molar-refractivity contribution in [2.24, 2.45) is 0 Å². The van der Waals surface area contributed by atoms with Crippen molar-refractivity contribution in [1.82, 2.24) is 14.9 Å². The van der Waals surface area contributed by atoms with Crippen LogP contribution in [0.5, 0.6) is 11.5 Å². The third-order valence-corrected chi connectivity index (χ3v) is 9.46. The number of benzene rings is 2. The summed E-state index contributed by atoms with van der Waals surface area (Å²) in [6.45, 7) is 1.69. The smallest absolute Gasteiger partial charge is 0.487 e. The van der Waals surface area contributed by atoms with E-state index in [4.69, 9.17) is 16.3 Å². The molecule has 2 fully saturated rings. The largest absolute Gasteiger partial charge is 0.573 e. The van der Waals surface area contributed by atoms with Crippen molar-refractivity contribution in [2.45, 2.75) is 67.2 Å². The first-order valence-corrected chi connectivity index (χ1v) is 15.2. The molecule has 7 nitrogen and oxygen atoms in total. The van der Waals surface area contributed by atoms with Crippen molar-refractivity contribution in [1.29, 1.82) is 0 Å². The summed E-state index contributed by atoms with van der Waals surface area (Å²) >= 11 is 6.43. The van der Waals surface area contributed by atoms with Gasteiger partial charge >= 0.3 is 6.36 Å². The maximum Gasteiger partial charge on any atom is 0.573 e. The first-order valence-electron chi connectivity index (χ1n) is 13.2. The molecule has 2 heterocycles. The minimum Gasteiger partial charge on any atom is -0.487 e. The standard InChI is InChI=1S/C28H28ClF4N3O4S/c29-22-14-27(41(37,38)16-20-8-9-34-17-35-20)23(30)15-26(22)39-25-7-6-19(13-24(25)36-10-1-2-11-36)18-4-3-5-21(12-18)40-28(31,32)33/h3-5,8-9,12,14-15,17,19,24-25H,1-2,6-7,10-11,13,16H2/t19-,24-,25-/m0/s1. The van der Waals surface area contributed by atoms with Gasteiger partial charge in [-0.15, -0.1) is 13.2 Å². The number of rotatable bonds is 8. The Kier molecular flexibility index (Phi) is 8.72. The molecule has 1 saturated heterocycles. The van der Waals surface area contributed by atoms with Crippen LogP contribution in [0.2, 0.25) is 5.02 Å². The van der Waals surface area contributed by atoms with E-state index in [9.17, 15) is 21.6 Å². The topological polar surface area (TPSA) is 81.6 Å². The van der Waals surface area contributed by atoms with E-state index in [-0.39, 0.29) is 40.3 Å². The predicted molar refractivity (Wildman–Crippen MR) is 143 cm³/mol. The lowest BCUT2D eigenvalue weighted by Gasteiger charge is -2.41. The van der Waals surface area contributed by atoms with Crippen LogP contribution in [0.25, 0.3) is 0 Å². The van der Waals surface area contributed by atoms with Crippen molar-refractivity contribution in [2.75, 3.05) is 13.1 Å². The van der Waals surface area contributed by atoms with E-state index in [1.807, 2.05) is 0 Å². The highest BCUT2D eigenvalue weighted by atomic mass is 35.5. The summed E-state index contributed by atoms with van der Waals surface area (Å²) in [6.07, 6.45) is 1.26. The van der Waals surface area contributed by atoms with Crippen LogP contribution in [0, 0.1) is 5.82 Å². The van der Waals surface area contributed by atoms with E-state index in [0.29, 0.717) is 19.3 Å². The Balaban J connectivity index is 1.35. The van der Waals surface area contributed by atoms with E-state index in [0.717, 1.165) is 43.6 Å². The maximum absolute atomic E-state index is 15.2. The number of alkyl halides is 3. The highest BCUT2D eigenvalue weighted by Gasteiger charge is 2.38. The van der Waals surface area contributed by atoms with E-state index in [1.165, 1.54) is 30.7 Å². The Morgan fingerprint density at radius 2 is 1.85 bits per heavy atom. The molecular weight excluding hydrogens is 586 g/mol. The number of sulfone groups is 1. The fraction of sp³-hybridized carbons (Fsp3) is 0.429. The Hall–Kier alpha value is -2.96. The summed E-state index contributed by atoms with van der Waals surface area (Å²) in [5, 5.41) is -0.0352. The third kappa shape index (κ3) is 7.28. The van der Waals surface area contributed by atoms with Crippen LogP contribution < -0.4 is 9.47 Å². The van der Waals surface area contributed by atoms with Crippen LogP contribution in [-0.2, 0) is 15.6 Å². The average Bonchev–Trinajstić information content (AvgIpc) is 3.45. The van der Waals surface area contributed by atoms with Crippen molar-refractivity contribution in [3.05, 3.63) is 77.1 Å². The number of aromatic nitrogens is 2. The summed E-state index contributed by atoms with van der Waals surface area (Å²) in [7, 11) is -4.09. The lowest BCUT2D eigenvalue weighted by Crippen LogP contribution is -2.48. The van der Waals surface area contributed by atoms with Crippen molar-refractivity contribution < 1.29 is 35.5 Å². The Morgan fingerprint density at radius 1 is 1.07 bits per heavy atom. The predicted octanol–water partition coefficient (Wildman–Crippen LogP) is 6.32. The number of halogens is 5. The van der Waals surface area contributed by atoms with Crippen molar-refractivity contribution >= 4 is 21.4 Å². The highest BCUT2D eigenvalue weighted by Crippen LogP contribution is 2.41. The second-order valence-electron chi connectivity index (χ2n) is 10.3. The molecule has 1 aliphatic carbocycles. The zero-order chi connectivity index (χ0) is 29.2. The molecule has 1 aromatic heterocycles. The fourth-order valence-electron chi connectivity index (χ4n) is 5.66. The molecule has 0 unspecified atom stereocenters. The summed E-state index contributed by atoms with van der Waals surface area (Å²) in [6, 6.07) is 9.44. The lowest BCUT2D eigenvalue weighted by molar-refractivity contribution is -0.274. The van der Waals surface area contributed by atoms with Gasteiger partial charge in [0.15, 0.2) is 9.84 Å². The van der Waals surface area contributed by atoms with E-state index < -0.39 is 32.7 Å². The van der Waals surface area contributed by atoms with Gasteiger partial charge in [0.2, 0.25) is 0 Å². The molecule has 13 heteroatoms. The molecule has 0 amide bonds. The van der Waals surface area contributed by atoms with Gasteiger partial charge in [0.1, 0.15) is 34.6 Å². The molecule has 2 aromatic carbocycles. The van der Waals surface area contributed by atoms with Crippen LogP contribution in [0.4, 0.5) is 17.6 Å². The normalized spacial score (nSPS) is 22.0. The zero-order valence-corrected chi connectivity index (χ0v) is 23.4. The van der Waals surface area contributed by atoms with Crippen LogP contribution in [-0.4, -0.2) is 54.9 Å². The molecule has 0 spiro atoms. The number of ether oxygens (including phenoxy) is 2. The fourth-order valence-corrected chi connectivity index (χ4v) is 7.30. The number of likely N-dealkylation sites (tertiary alicyclic amines) is 1. The molecule has 220 valence electrons. The van der Waals surface area contributed by atoms with Gasteiger partial charge in [-0.2, -0.15) is 0 Å². The summed E-state index contributed by atoms with van der Waals surface area (Å²) < 4.78 is 89.6. The first kappa shape index (κ1) is 29.5. The number of hydrogen-bond donors (Lipinski definition) is 0. The number of hydrogen-bond acceptors (Lipinski definition) is 7. The van der Waals surface area contributed by atoms with Gasteiger partial charge in [-0.25, -0.2) is 22.8 Å². The molecule has 2 aliphatic rings. The molecule has 0 N–H and O–H groups in total. The Labute approximate surface area is 240 Å². The van der Waals surface area contributed by atoms with Crippen LogP contribution in [0.3, 0.4) is 0 Å². The van der Waals surface area contributed by atoms with E-state index in [2.05, 4.69) is 19.6 Å². The van der Waals surface area contributed by atoms with Gasteiger partial charge in [0, 0.05) is 18.3 Å². The van der Waals surface area contributed by atoms with Crippen LogP contribution in [0.15, 0.2) is 59.9 Å².